The van der Waals surface area contributed by atoms with E-state index < -0.39 is 0 Å². The fourth-order valence-corrected chi connectivity index (χ4v) is 6.77. The molecule has 3 aliphatic rings. The molecule has 32 heavy (non-hydrogen) atoms. The number of nitrogens with zero attached hydrogens (tertiary/aromatic N) is 1. The van der Waals surface area contributed by atoms with Gasteiger partial charge in [0.15, 0.2) is 11.5 Å². The van der Waals surface area contributed by atoms with E-state index in [0.29, 0.717) is 34.6 Å². The molecule has 2 bridgehead atoms. The van der Waals surface area contributed by atoms with Crippen LogP contribution >= 0.6 is 0 Å². The molecule has 4 rings (SSSR count). The van der Waals surface area contributed by atoms with Crippen molar-refractivity contribution in [1.82, 2.24) is 4.90 Å². The van der Waals surface area contributed by atoms with E-state index in [1.807, 2.05) is 0 Å². The van der Waals surface area contributed by atoms with E-state index in [2.05, 4.69) is 25.7 Å². The van der Waals surface area contributed by atoms with E-state index in [9.17, 15) is 4.79 Å². The SMILES string of the molecule is COc1cc(C(=O)OC2C(CN3CCCCC3)C3CCC2(C)C3(C)C)cc(OC)c1OC. The molecule has 2 saturated carbocycles. The quantitative estimate of drug-likeness (QED) is 0.562. The Labute approximate surface area is 192 Å². The molecule has 3 fully saturated rings. The number of rotatable bonds is 7. The molecular weight excluding hydrogens is 406 g/mol. The fourth-order valence-electron chi connectivity index (χ4n) is 6.77. The molecule has 0 amide bonds. The highest BCUT2D eigenvalue weighted by molar-refractivity contribution is 5.91. The Bertz CT molecular complexity index is 822. The highest BCUT2D eigenvalue weighted by atomic mass is 16.5. The van der Waals surface area contributed by atoms with Gasteiger partial charge in [-0.3, -0.25) is 0 Å². The van der Waals surface area contributed by atoms with Crippen LogP contribution in [0.4, 0.5) is 0 Å². The van der Waals surface area contributed by atoms with E-state index in [1.54, 1.807) is 33.5 Å². The van der Waals surface area contributed by atoms with Gasteiger partial charge in [0.2, 0.25) is 5.75 Å². The second-order valence-electron chi connectivity index (χ2n) is 10.5. The summed E-state index contributed by atoms with van der Waals surface area (Å²) in [6, 6.07) is 3.37. The minimum absolute atomic E-state index is 0.0194. The monoisotopic (exact) mass is 445 g/mol. The molecule has 4 atom stereocenters. The van der Waals surface area contributed by atoms with Crippen molar-refractivity contribution in [3.8, 4) is 17.2 Å². The van der Waals surface area contributed by atoms with Gasteiger partial charge in [0.1, 0.15) is 6.10 Å². The zero-order valence-corrected chi connectivity index (χ0v) is 20.5. The van der Waals surface area contributed by atoms with E-state index in [1.165, 1.54) is 25.7 Å². The molecule has 1 aromatic rings. The topological polar surface area (TPSA) is 57.2 Å². The molecule has 1 saturated heterocycles. The molecule has 0 radical (unpaired) electrons. The van der Waals surface area contributed by atoms with Crippen molar-refractivity contribution >= 4 is 5.97 Å². The summed E-state index contributed by atoms with van der Waals surface area (Å²) >= 11 is 0. The summed E-state index contributed by atoms with van der Waals surface area (Å²) in [7, 11) is 4.67. The van der Waals surface area contributed by atoms with Crippen LogP contribution in [0.2, 0.25) is 0 Å². The van der Waals surface area contributed by atoms with Crippen molar-refractivity contribution in [2.75, 3.05) is 41.0 Å². The Morgan fingerprint density at radius 3 is 2.19 bits per heavy atom. The van der Waals surface area contributed by atoms with E-state index in [4.69, 9.17) is 18.9 Å². The minimum atomic E-state index is -0.317. The molecule has 178 valence electrons. The van der Waals surface area contributed by atoms with Crippen molar-refractivity contribution < 1.29 is 23.7 Å². The van der Waals surface area contributed by atoms with Crippen LogP contribution in [-0.4, -0.2) is 57.9 Å². The lowest BCUT2D eigenvalue weighted by Gasteiger charge is -2.40. The first-order chi connectivity index (χ1) is 15.3. The highest BCUT2D eigenvalue weighted by Crippen LogP contribution is 2.68. The number of benzene rings is 1. The van der Waals surface area contributed by atoms with Crippen LogP contribution in [0, 0.1) is 22.7 Å². The number of carbonyl (C=O) groups excluding carboxylic acids is 1. The van der Waals surface area contributed by atoms with Crippen LogP contribution in [-0.2, 0) is 4.74 Å². The van der Waals surface area contributed by atoms with Gasteiger partial charge in [-0.05, 0) is 62.2 Å². The smallest absolute Gasteiger partial charge is 0.338 e. The maximum atomic E-state index is 13.4. The Morgan fingerprint density at radius 2 is 1.62 bits per heavy atom. The normalized spacial score (nSPS) is 31.4. The predicted octanol–water partition coefficient (Wildman–Crippen LogP) is 4.80. The van der Waals surface area contributed by atoms with E-state index >= 15 is 0 Å². The average molecular weight is 446 g/mol. The summed E-state index contributed by atoms with van der Waals surface area (Å²) in [6.45, 7) is 10.4. The van der Waals surface area contributed by atoms with Gasteiger partial charge in [-0.1, -0.05) is 27.2 Å². The lowest BCUT2D eigenvalue weighted by atomic mass is 9.70. The molecule has 0 spiro atoms. The molecule has 4 unspecified atom stereocenters. The van der Waals surface area contributed by atoms with Gasteiger partial charge in [0.05, 0.1) is 26.9 Å². The van der Waals surface area contributed by atoms with Crippen LogP contribution < -0.4 is 14.2 Å². The lowest BCUT2D eigenvalue weighted by Crippen LogP contribution is -2.45. The Kier molecular flexibility index (Phi) is 6.36. The molecule has 1 heterocycles. The number of likely N-dealkylation sites (tertiary alicyclic amines) is 1. The van der Waals surface area contributed by atoms with Crippen LogP contribution in [0.1, 0.15) is 63.2 Å². The molecule has 1 aromatic carbocycles. The second kappa shape index (κ2) is 8.77. The summed E-state index contributed by atoms with van der Waals surface area (Å²) in [6.07, 6.45) is 6.11. The van der Waals surface area contributed by atoms with Gasteiger partial charge in [-0.2, -0.15) is 0 Å². The highest BCUT2D eigenvalue weighted by Gasteiger charge is 2.67. The number of esters is 1. The number of ether oxygens (including phenoxy) is 4. The minimum Gasteiger partial charge on any atom is -0.493 e. The maximum Gasteiger partial charge on any atom is 0.338 e. The molecule has 6 nitrogen and oxygen atoms in total. The summed E-state index contributed by atoms with van der Waals surface area (Å²) in [5.74, 6) is 2.02. The molecule has 1 aliphatic heterocycles. The molecule has 0 N–H and O–H groups in total. The third-order valence-electron chi connectivity index (χ3n) is 8.96. The van der Waals surface area contributed by atoms with Gasteiger partial charge < -0.3 is 23.8 Å². The number of methoxy groups -OCH3 is 3. The first-order valence-electron chi connectivity index (χ1n) is 12.0. The zero-order valence-electron chi connectivity index (χ0n) is 20.5. The van der Waals surface area contributed by atoms with Crippen molar-refractivity contribution in [1.29, 1.82) is 0 Å². The maximum absolute atomic E-state index is 13.4. The van der Waals surface area contributed by atoms with Gasteiger partial charge in [-0.25, -0.2) is 4.79 Å². The fraction of sp³-hybridized carbons (Fsp3) is 0.731. The summed E-state index contributed by atoms with van der Waals surface area (Å²) < 4.78 is 22.7. The Hall–Kier alpha value is -1.95. The molecular formula is C26H39NO5. The predicted molar refractivity (Wildman–Crippen MR) is 124 cm³/mol. The van der Waals surface area contributed by atoms with Crippen molar-refractivity contribution in [2.45, 2.75) is 59.0 Å². The number of hydrogen-bond acceptors (Lipinski definition) is 6. The third-order valence-corrected chi connectivity index (χ3v) is 8.96. The standard InChI is InChI=1S/C26H39NO5/c1-25(2)19-10-11-26(25,3)23(18(19)16-27-12-8-7-9-13-27)32-24(28)17-14-20(29-4)22(31-6)21(15-17)30-5/h14-15,18-19,23H,7-13,16H2,1-6H3. The van der Waals surface area contributed by atoms with Gasteiger partial charge in [-0.15, -0.1) is 0 Å². The average Bonchev–Trinajstić information content (AvgIpc) is 3.11. The van der Waals surface area contributed by atoms with Crippen LogP contribution in [0.25, 0.3) is 0 Å². The van der Waals surface area contributed by atoms with Gasteiger partial charge in [0.25, 0.3) is 0 Å². The second-order valence-corrected chi connectivity index (χ2v) is 10.5. The van der Waals surface area contributed by atoms with Crippen molar-refractivity contribution in [2.24, 2.45) is 22.7 Å². The largest absolute Gasteiger partial charge is 0.493 e. The lowest BCUT2D eigenvalue weighted by molar-refractivity contribution is -0.0467. The summed E-state index contributed by atoms with van der Waals surface area (Å²) in [4.78, 5) is 16.0. The van der Waals surface area contributed by atoms with Crippen LogP contribution in [0.3, 0.4) is 0 Å². The first kappa shape index (κ1) is 23.2. The van der Waals surface area contributed by atoms with Gasteiger partial charge in [0, 0.05) is 17.9 Å². The molecule has 2 aliphatic carbocycles. The van der Waals surface area contributed by atoms with Crippen molar-refractivity contribution in [3.05, 3.63) is 17.7 Å². The van der Waals surface area contributed by atoms with Crippen LogP contribution in [0.15, 0.2) is 12.1 Å². The number of carbonyl (C=O) groups is 1. The summed E-state index contributed by atoms with van der Waals surface area (Å²) in [5, 5.41) is 0. The van der Waals surface area contributed by atoms with E-state index in [0.717, 1.165) is 26.1 Å². The number of hydrogen-bond donors (Lipinski definition) is 0. The van der Waals surface area contributed by atoms with E-state index in [-0.39, 0.29) is 22.9 Å². The Balaban J connectivity index is 1.61. The first-order valence-corrected chi connectivity index (χ1v) is 12.0. The third kappa shape index (κ3) is 3.64. The van der Waals surface area contributed by atoms with Gasteiger partial charge >= 0.3 is 5.97 Å². The zero-order chi connectivity index (χ0) is 23.1. The van der Waals surface area contributed by atoms with Crippen molar-refractivity contribution in [3.63, 3.8) is 0 Å². The number of fused-ring (bicyclic) bond motifs is 2. The number of piperidine rings is 1. The summed E-state index contributed by atoms with van der Waals surface area (Å²) in [5.41, 5.74) is 0.558. The molecule has 0 aromatic heterocycles. The van der Waals surface area contributed by atoms with Crippen LogP contribution in [0.5, 0.6) is 17.2 Å². The molecule has 6 heteroatoms. The Morgan fingerprint density at radius 1 is 1.00 bits per heavy atom.